The van der Waals surface area contributed by atoms with Crippen molar-refractivity contribution < 1.29 is 0 Å². The molecule has 2 heterocycles. The third kappa shape index (κ3) is 2.21. The predicted octanol–water partition coefficient (Wildman–Crippen LogP) is 0.834. The number of aryl methyl sites for hydroxylation is 2. The fraction of sp³-hybridized carbons (Fsp3) is 0.300. The Bertz CT molecular complexity index is 504. The van der Waals surface area contributed by atoms with Crippen LogP contribution < -0.4 is 11.3 Å². The third-order valence-electron chi connectivity index (χ3n) is 2.59. The van der Waals surface area contributed by atoms with E-state index in [-0.39, 0.29) is 6.04 Å². The highest BCUT2D eigenvalue weighted by Crippen LogP contribution is 2.26. The zero-order valence-electron chi connectivity index (χ0n) is 9.55. The van der Waals surface area contributed by atoms with Crippen LogP contribution in [0.5, 0.6) is 0 Å². The maximum absolute atomic E-state index is 5.62. The second kappa shape index (κ2) is 4.91. The minimum atomic E-state index is -0.245. The molecule has 1 atom stereocenters. The summed E-state index contributed by atoms with van der Waals surface area (Å²) in [7, 11) is 1.82. The van der Waals surface area contributed by atoms with Crippen molar-refractivity contribution in [3.63, 3.8) is 0 Å². The standard InChI is InChI=1S/C10H13BrN6/c1-6-4-3-5-13-7(6)8(14-12)9-10(11)15-16-17(9)2/h3-5,8,14H,12H2,1-2H3. The van der Waals surface area contributed by atoms with Gasteiger partial charge in [-0.05, 0) is 34.5 Å². The molecule has 7 heteroatoms. The van der Waals surface area contributed by atoms with Gasteiger partial charge in [-0.25, -0.2) is 10.1 Å². The highest BCUT2D eigenvalue weighted by Gasteiger charge is 2.23. The minimum absolute atomic E-state index is 0.245. The van der Waals surface area contributed by atoms with Crippen LogP contribution in [0.2, 0.25) is 0 Å². The van der Waals surface area contributed by atoms with Crippen molar-refractivity contribution in [1.82, 2.24) is 25.4 Å². The van der Waals surface area contributed by atoms with Crippen LogP contribution in [0.1, 0.15) is 23.0 Å². The zero-order valence-corrected chi connectivity index (χ0v) is 11.1. The maximum atomic E-state index is 5.62. The molecule has 0 bridgehead atoms. The Balaban J connectivity index is 2.52. The highest BCUT2D eigenvalue weighted by atomic mass is 79.9. The number of rotatable bonds is 3. The van der Waals surface area contributed by atoms with E-state index in [0.29, 0.717) is 4.60 Å². The number of nitrogens with zero attached hydrogens (tertiary/aromatic N) is 4. The summed E-state index contributed by atoms with van der Waals surface area (Å²) in [6, 6.07) is 3.64. The maximum Gasteiger partial charge on any atom is 0.153 e. The number of hydrazine groups is 1. The van der Waals surface area contributed by atoms with E-state index in [9.17, 15) is 0 Å². The fourth-order valence-corrected chi connectivity index (χ4v) is 2.29. The SMILES string of the molecule is Cc1cccnc1C(NN)c1c(Br)nnn1C. The van der Waals surface area contributed by atoms with Gasteiger partial charge in [0.1, 0.15) is 6.04 Å². The third-order valence-corrected chi connectivity index (χ3v) is 3.15. The van der Waals surface area contributed by atoms with Gasteiger partial charge in [0.05, 0.1) is 11.4 Å². The molecule has 17 heavy (non-hydrogen) atoms. The topological polar surface area (TPSA) is 81.7 Å². The van der Waals surface area contributed by atoms with Crippen LogP contribution in [0.4, 0.5) is 0 Å². The first-order valence-corrected chi connectivity index (χ1v) is 5.87. The number of hydrogen-bond donors (Lipinski definition) is 2. The minimum Gasteiger partial charge on any atom is -0.270 e. The summed E-state index contributed by atoms with van der Waals surface area (Å²) >= 11 is 3.36. The largest absolute Gasteiger partial charge is 0.270 e. The van der Waals surface area contributed by atoms with Gasteiger partial charge >= 0.3 is 0 Å². The first-order chi connectivity index (χ1) is 8.15. The van der Waals surface area contributed by atoms with Crippen LogP contribution in [-0.4, -0.2) is 20.0 Å². The van der Waals surface area contributed by atoms with E-state index >= 15 is 0 Å². The molecular weight excluding hydrogens is 284 g/mol. The summed E-state index contributed by atoms with van der Waals surface area (Å²) in [5.74, 6) is 5.62. The molecule has 2 aromatic rings. The van der Waals surface area contributed by atoms with Gasteiger partial charge in [-0.3, -0.25) is 10.8 Å². The van der Waals surface area contributed by atoms with Crippen molar-refractivity contribution in [2.45, 2.75) is 13.0 Å². The number of hydrogen-bond acceptors (Lipinski definition) is 5. The number of pyridine rings is 1. The molecule has 0 saturated heterocycles. The van der Waals surface area contributed by atoms with E-state index in [1.165, 1.54) is 0 Å². The molecule has 0 aromatic carbocycles. The Labute approximate surface area is 107 Å². The van der Waals surface area contributed by atoms with E-state index in [1.807, 2.05) is 26.1 Å². The summed E-state index contributed by atoms with van der Waals surface area (Å²) in [5, 5.41) is 7.88. The summed E-state index contributed by atoms with van der Waals surface area (Å²) in [4.78, 5) is 4.36. The van der Waals surface area contributed by atoms with E-state index < -0.39 is 0 Å². The molecule has 0 aliphatic rings. The van der Waals surface area contributed by atoms with Gasteiger partial charge in [-0.15, -0.1) is 5.10 Å². The Hall–Kier alpha value is -1.31. The molecule has 2 aromatic heterocycles. The molecule has 0 radical (unpaired) electrons. The molecular formula is C10H13BrN6. The van der Waals surface area contributed by atoms with Gasteiger partial charge < -0.3 is 0 Å². The van der Waals surface area contributed by atoms with Gasteiger partial charge in [-0.1, -0.05) is 11.3 Å². The van der Waals surface area contributed by atoms with Crippen molar-refractivity contribution in [2.24, 2.45) is 12.9 Å². The molecule has 1 unspecified atom stereocenters. The van der Waals surface area contributed by atoms with E-state index in [0.717, 1.165) is 17.0 Å². The molecule has 0 aliphatic carbocycles. The fourth-order valence-electron chi connectivity index (χ4n) is 1.73. The van der Waals surface area contributed by atoms with Crippen molar-refractivity contribution >= 4 is 15.9 Å². The van der Waals surface area contributed by atoms with Gasteiger partial charge in [0.2, 0.25) is 0 Å². The molecule has 0 amide bonds. The Kier molecular flexibility index (Phi) is 3.51. The van der Waals surface area contributed by atoms with Crippen molar-refractivity contribution in [3.8, 4) is 0 Å². The Morgan fingerprint density at radius 2 is 2.29 bits per heavy atom. The van der Waals surface area contributed by atoms with Crippen LogP contribution in [0.3, 0.4) is 0 Å². The lowest BCUT2D eigenvalue weighted by Crippen LogP contribution is -2.31. The first kappa shape index (κ1) is 12.2. The van der Waals surface area contributed by atoms with Crippen LogP contribution in [0, 0.1) is 6.92 Å². The predicted molar refractivity (Wildman–Crippen MR) is 66.8 cm³/mol. The van der Waals surface area contributed by atoms with Gasteiger partial charge in [0.25, 0.3) is 0 Å². The van der Waals surface area contributed by atoms with Gasteiger partial charge in [-0.2, -0.15) is 0 Å². The Morgan fingerprint density at radius 3 is 2.82 bits per heavy atom. The summed E-state index contributed by atoms with van der Waals surface area (Å²) < 4.78 is 2.33. The molecule has 6 nitrogen and oxygen atoms in total. The summed E-state index contributed by atoms with van der Waals surface area (Å²) in [6.07, 6.45) is 1.74. The monoisotopic (exact) mass is 296 g/mol. The summed E-state index contributed by atoms with van der Waals surface area (Å²) in [6.45, 7) is 1.99. The second-order valence-corrected chi connectivity index (χ2v) is 4.45. The van der Waals surface area contributed by atoms with E-state index in [4.69, 9.17) is 5.84 Å². The van der Waals surface area contributed by atoms with Crippen LogP contribution >= 0.6 is 15.9 Å². The molecule has 90 valence electrons. The Morgan fingerprint density at radius 1 is 1.53 bits per heavy atom. The number of halogens is 1. The lowest BCUT2D eigenvalue weighted by Gasteiger charge is -2.17. The normalized spacial score (nSPS) is 12.7. The van der Waals surface area contributed by atoms with Crippen LogP contribution in [0.15, 0.2) is 22.9 Å². The van der Waals surface area contributed by atoms with Crippen LogP contribution in [-0.2, 0) is 7.05 Å². The first-order valence-electron chi connectivity index (χ1n) is 5.08. The molecule has 0 spiro atoms. The number of aromatic nitrogens is 4. The lowest BCUT2D eigenvalue weighted by molar-refractivity contribution is 0.556. The molecule has 3 N–H and O–H groups in total. The van der Waals surface area contributed by atoms with E-state index in [2.05, 4.69) is 36.7 Å². The average Bonchev–Trinajstić information content (AvgIpc) is 2.64. The lowest BCUT2D eigenvalue weighted by atomic mass is 10.1. The van der Waals surface area contributed by atoms with Gasteiger partial charge in [0.15, 0.2) is 4.60 Å². The van der Waals surface area contributed by atoms with Crippen molar-refractivity contribution in [3.05, 3.63) is 39.9 Å². The molecule has 0 saturated carbocycles. The molecule has 2 rings (SSSR count). The van der Waals surface area contributed by atoms with Crippen molar-refractivity contribution in [2.75, 3.05) is 0 Å². The van der Waals surface area contributed by atoms with Gasteiger partial charge in [0, 0.05) is 13.2 Å². The highest BCUT2D eigenvalue weighted by molar-refractivity contribution is 9.10. The van der Waals surface area contributed by atoms with E-state index in [1.54, 1.807) is 10.9 Å². The average molecular weight is 297 g/mol. The smallest absolute Gasteiger partial charge is 0.153 e. The second-order valence-electron chi connectivity index (χ2n) is 3.69. The summed E-state index contributed by atoms with van der Waals surface area (Å²) in [5.41, 5.74) is 5.51. The quantitative estimate of drug-likeness (QED) is 0.648. The number of nitrogens with two attached hydrogens (primary N) is 1. The molecule has 0 fully saturated rings. The van der Waals surface area contributed by atoms with Crippen molar-refractivity contribution in [1.29, 1.82) is 0 Å². The van der Waals surface area contributed by atoms with Crippen LogP contribution in [0.25, 0.3) is 0 Å². The number of nitrogens with one attached hydrogen (secondary N) is 1. The zero-order chi connectivity index (χ0) is 12.4. The molecule has 0 aliphatic heterocycles.